The van der Waals surface area contributed by atoms with Crippen LogP contribution >= 0.6 is 0 Å². The first-order valence-corrected chi connectivity index (χ1v) is 21.8. The first-order chi connectivity index (χ1) is 30.7. The van der Waals surface area contributed by atoms with Gasteiger partial charge in [-0.25, -0.2) is 9.97 Å². The Balaban J connectivity index is 1.48. The monoisotopic (exact) mass is 884 g/mol. The van der Waals surface area contributed by atoms with Crippen LogP contribution in [0.5, 0.6) is 11.5 Å². The number of anilines is 2. The Hall–Kier alpha value is -6.85. The second-order valence-corrected chi connectivity index (χ2v) is 14.9. The highest BCUT2D eigenvalue weighted by molar-refractivity contribution is 5.99. The highest BCUT2D eigenvalue weighted by Gasteiger charge is 2.26. The quantitative estimate of drug-likeness (QED) is 0.0543. The molecular formula is C46H60N8O10. The molecule has 0 bridgehead atoms. The molecule has 2 aromatic carbocycles. The number of aryl methyl sites for hydroxylation is 2. The number of H-pyrrole nitrogens is 2. The van der Waals surface area contributed by atoms with E-state index in [1.807, 2.05) is 41.5 Å². The minimum atomic E-state index is -1.32. The van der Waals surface area contributed by atoms with E-state index in [2.05, 4.69) is 31.2 Å². The number of ether oxygens (including phenoxy) is 3. The van der Waals surface area contributed by atoms with E-state index in [-0.39, 0.29) is 41.3 Å². The van der Waals surface area contributed by atoms with Gasteiger partial charge in [-0.05, 0) is 81.3 Å². The molecule has 2 aromatic heterocycles. The summed E-state index contributed by atoms with van der Waals surface area (Å²) in [5.74, 6) is -1.83. The van der Waals surface area contributed by atoms with Crippen LogP contribution in [0.2, 0.25) is 0 Å². The molecule has 2 atom stereocenters. The molecule has 2 unspecified atom stereocenters. The molecule has 0 radical (unpaired) electrons. The van der Waals surface area contributed by atoms with Gasteiger partial charge in [0.15, 0.2) is 0 Å². The highest BCUT2D eigenvalue weighted by atomic mass is 16.5. The van der Waals surface area contributed by atoms with Crippen LogP contribution in [0.25, 0.3) is 22.8 Å². The zero-order valence-corrected chi connectivity index (χ0v) is 37.9. The van der Waals surface area contributed by atoms with Crippen LogP contribution in [0.4, 0.5) is 11.4 Å². The SMILES string of the molecule is CCCOc1ccc(NC(=O)C(CCC(=O)OCC(NC(C)=O)C(=O)Nc2ccc(OCCC)c(-c3nc(CC)c(CC)c(=O)[nH]3)c2)NC(C)=O)cc1-c1nc(CC)c(CC)c(=O)[nH]1. The number of nitrogens with zero attached hydrogens (tertiary/aromatic N) is 2. The number of amides is 4. The summed E-state index contributed by atoms with van der Waals surface area (Å²) in [5.41, 5.74) is 3.39. The Morgan fingerprint density at radius 2 is 1.06 bits per heavy atom. The average molecular weight is 885 g/mol. The summed E-state index contributed by atoms with van der Waals surface area (Å²) in [7, 11) is 0. The summed E-state index contributed by atoms with van der Waals surface area (Å²) in [6.45, 7) is 14.2. The van der Waals surface area contributed by atoms with E-state index in [0.717, 1.165) is 12.8 Å². The summed E-state index contributed by atoms with van der Waals surface area (Å²) in [6.07, 6.45) is 3.00. The minimum absolute atomic E-state index is 0.177. The van der Waals surface area contributed by atoms with E-state index in [4.69, 9.17) is 24.2 Å². The molecular weight excluding hydrogens is 825 g/mol. The summed E-state index contributed by atoms with van der Waals surface area (Å²) in [6, 6.07) is 7.18. The van der Waals surface area contributed by atoms with Crippen LogP contribution in [0.3, 0.4) is 0 Å². The lowest BCUT2D eigenvalue weighted by atomic mass is 10.1. The Labute approximate surface area is 372 Å². The number of benzene rings is 2. The lowest BCUT2D eigenvalue weighted by Gasteiger charge is -2.20. The van der Waals surface area contributed by atoms with Gasteiger partial charge in [-0.15, -0.1) is 0 Å². The van der Waals surface area contributed by atoms with Crippen molar-refractivity contribution in [2.24, 2.45) is 0 Å². The van der Waals surface area contributed by atoms with Gasteiger partial charge in [0.05, 0.1) is 35.7 Å². The Morgan fingerprint density at radius 3 is 1.47 bits per heavy atom. The Morgan fingerprint density at radius 1 is 0.625 bits per heavy atom. The highest BCUT2D eigenvalue weighted by Crippen LogP contribution is 2.32. The van der Waals surface area contributed by atoms with E-state index in [9.17, 15) is 33.6 Å². The summed E-state index contributed by atoms with van der Waals surface area (Å²) < 4.78 is 17.3. The van der Waals surface area contributed by atoms with Gasteiger partial charge in [0.2, 0.25) is 17.7 Å². The molecule has 4 aromatic rings. The first kappa shape index (κ1) is 49.8. The molecule has 2 heterocycles. The molecule has 0 aliphatic heterocycles. The molecule has 64 heavy (non-hydrogen) atoms. The van der Waals surface area contributed by atoms with E-state index in [0.29, 0.717) is 89.7 Å². The van der Waals surface area contributed by atoms with Gasteiger partial charge in [-0.1, -0.05) is 41.5 Å². The van der Waals surface area contributed by atoms with Crippen LogP contribution < -0.4 is 41.9 Å². The van der Waals surface area contributed by atoms with Crippen LogP contribution in [0, 0.1) is 0 Å². The van der Waals surface area contributed by atoms with Crippen molar-refractivity contribution in [1.82, 2.24) is 30.6 Å². The van der Waals surface area contributed by atoms with E-state index < -0.39 is 48.3 Å². The van der Waals surface area contributed by atoms with Gasteiger partial charge in [0.1, 0.15) is 41.8 Å². The molecule has 4 amide bonds. The molecule has 0 saturated carbocycles. The zero-order chi connectivity index (χ0) is 46.9. The molecule has 0 spiro atoms. The van der Waals surface area contributed by atoms with Gasteiger partial charge >= 0.3 is 5.97 Å². The third-order valence-electron chi connectivity index (χ3n) is 9.94. The molecule has 0 fully saturated rings. The fourth-order valence-electron chi connectivity index (χ4n) is 6.83. The number of rotatable bonds is 23. The summed E-state index contributed by atoms with van der Waals surface area (Å²) in [5, 5.41) is 10.6. The van der Waals surface area contributed by atoms with Crippen LogP contribution in [0.15, 0.2) is 46.0 Å². The lowest BCUT2D eigenvalue weighted by Crippen LogP contribution is -2.46. The van der Waals surface area contributed by atoms with Gasteiger partial charge in [-0.3, -0.25) is 33.6 Å². The number of esters is 1. The number of aromatic amines is 2. The van der Waals surface area contributed by atoms with Gasteiger partial charge in [-0.2, -0.15) is 0 Å². The number of carbonyl (C=O) groups excluding carboxylic acids is 5. The minimum Gasteiger partial charge on any atom is -0.493 e. The largest absolute Gasteiger partial charge is 0.493 e. The Kier molecular flexibility index (Phi) is 18.8. The van der Waals surface area contributed by atoms with Crippen molar-refractivity contribution in [2.45, 2.75) is 119 Å². The standard InChI is InChI=1S/C46H60N8O10/c1-9-21-62-38-18-15-28(23-32(38)41-51-34(13-5)30(11-3)43(58)53-41)49-45(60)36(47-26(7)55)17-20-40(57)64-25-37(48-27(8)56)46(61)50-29-16-19-39(63-22-10-2)33(24-29)42-52-35(14-6)31(12-4)44(59)54-42/h15-16,18-19,23-24,36-37H,9-14,17,20-22,25H2,1-8H3,(H,47,55)(H,48,56)(H,49,60)(H,50,61)(H,51,53,58)(H,52,54,59). The second-order valence-electron chi connectivity index (χ2n) is 14.9. The molecule has 0 aliphatic carbocycles. The van der Waals surface area contributed by atoms with Gasteiger partial charge < -0.3 is 45.4 Å². The smallest absolute Gasteiger partial charge is 0.305 e. The van der Waals surface area contributed by atoms with Crippen molar-refractivity contribution >= 4 is 41.0 Å². The molecule has 344 valence electrons. The molecule has 18 heteroatoms. The van der Waals surface area contributed by atoms with Gasteiger partial charge in [0, 0.05) is 42.8 Å². The fraction of sp³-hybridized carbons (Fsp3) is 0.457. The number of aromatic nitrogens is 4. The third kappa shape index (κ3) is 13.6. The molecule has 18 nitrogen and oxygen atoms in total. The van der Waals surface area contributed by atoms with Crippen molar-refractivity contribution in [1.29, 1.82) is 0 Å². The predicted molar refractivity (Wildman–Crippen MR) is 242 cm³/mol. The molecule has 0 aliphatic rings. The van der Waals surface area contributed by atoms with Crippen molar-refractivity contribution in [3.05, 3.63) is 79.6 Å². The molecule has 4 rings (SSSR count). The van der Waals surface area contributed by atoms with Crippen molar-refractivity contribution in [2.75, 3.05) is 30.5 Å². The van der Waals surface area contributed by atoms with Crippen molar-refractivity contribution < 1.29 is 38.2 Å². The maximum atomic E-state index is 13.6. The van der Waals surface area contributed by atoms with E-state index in [1.165, 1.54) is 13.8 Å². The van der Waals surface area contributed by atoms with Crippen LogP contribution in [-0.2, 0) is 54.4 Å². The molecule has 0 saturated heterocycles. The van der Waals surface area contributed by atoms with Crippen LogP contribution in [-0.4, -0.2) is 81.4 Å². The zero-order valence-electron chi connectivity index (χ0n) is 37.9. The topological polar surface area (TPSA) is 253 Å². The average Bonchev–Trinajstić information content (AvgIpc) is 3.27. The number of nitrogens with one attached hydrogen (secondary N) is 6. The first-order valence-electron chi connectivity index (χ1n) is 21.8. The normalized spacial score (nSPS) is 11.8. The number of hydrogen-bond donors (Lipinski definition) is 6. The van der Waals surface area contributed by atoms with Crippen LogP contribution in [0.1, 0.15) is 104 Å². The summed E-state index contributed by atoms with van der Waals surface area (Å²) in [4.78, 5) is 106. The van der Waals surface area contributed by atoms with E-state index in [1.54, 1.807) is 36.4 Å². The van der Waals surface area contributed by atoms with E-state index >= 15 is 0 Å². The fourth-order valence-corrected chi connectivity index (χ4v) is 6.83. The molecule has 6 N–H and O–H groups in total. The third-order valence-corrected chi connectivity index (χ3v) is 9.94. The number of carbonyl (C=O) groups is 5. The Bertz CT molecular complexity index is 2260. The predicted octanol–water partition coefficient (Wildman–Crippen LogP) is 4.92. The van der Waals surface area contributed by atoms with Crippen molar-refractivity contribution in [3.63, 3.8) is 0 Å². The maximum absolute atomic E-state index is 13.6. The van der Waals surface area contributed by atoms with Gasteiger partial charge in [0.25, 0.3) is 17.0 Å². The lowest BCUT2D eigenvalue weighted by molar-refractivity contribution is -0.146. The van der Waals surface area contributed by atoms with Crippen molar-refractivity contribution in [3.8, 4) is 34.3 Å². The number of hydrogen-bond acceptors (Lipinski definition) is 12. The summed E-state index contributed by atoms with van der Waals surface area (Å²) >= 11 is 0. The maximum Gasteiger partial charge on any atom is 0.305 e. The second kappa shape index (κ2) is 24.1.